The van der Waals surface area contributed by atoms with Crippen LogP contribution in [0.15, 0.2) is 41.9 Å². The summed E-state index contributed by atoms with van der Waals surface area (Å²) >= 11 is 1.56. The molecule has 0 bridgehead atoms. The molecule has 3 aliphatic rings. The summed E-state index contributed by atoms with van der Waals surface area (Å²) in [5.74, 6) is 0.426. The van der Waals surface area contributed by atoms with Crippen molar-refractivity contribution in [1.29, 1.82) is 0 Å². The van der Waals surface area contributed by atoms with Gasteiger partial charge in [0.15, 0.2) is 0 Å². The molecule has 2 N–H and O–H groups in total. The highest BCUT2D eigenvalue weighted by Crippen LogP contribution is 2.38. The minimum absolute atomic E-state index is 0.309. The third-order valence-electron chi connectivity index (χ3n) is 7.85. The number of benzene rings is 1. The van der Waals surface area contributed by atoms with Crippen LogP contribution in [0.5, 0.6) is 0 Å². The standard InChI is InChI=1S/C28H28N6O3S/c35-25-22(20-15-29-27-18(20)7-14-38-27)23(26(36)32-25)24-19-3-1-2-4-21(19)30-28(31-24)34-8-5-17(6-9-34)16-33-10-12-37-13-11-33/h1-4,7,14-15,17,29H,5-6,8-13,16H2,(H,32,35,36). The Balaban J connectivity index is 1.26. The van der Waals surface area contributed by atoms with Gasteiger partial charge < -0.3 is 14.6 Å². The van der Waals surface area contributed by atoms with Gasteiger partial charge in [-0.2, -0.15) is 0 Å². The molecule has 0 atom stereocenters. The van der Waals surface area contributed by atoms with Crippen molar-refractivity contribution < 1.29 is 14.3 Å². The van der Waals surface area contributed by atoms with E-state index in [1.807, 2.05) is 35.7 Å². The lowest BCUT2D eigenvalue weighted by Crippen LogP contribution is -2.43. The van der Waals surface area contributed by atoms with Gasteiger partial charge in [-0.05, 0) is 36.3 Å². The summed E-state index contributed by atoms with van der Waals surface area (Å²) in [6.45, 7) is 6.48. The van der Waals surface area contributed by atoms with E-state index in [0.29, 0.717) is 34.3 Å². The molecule has 0 unspecified atom stereocenters. The van der Waals surface area contributed by atoms with E-state index in [1.165, 1.54) is 0 Å². The fourth-order valence-electron chi connectivity index (χ4n) is 5.85. The monoisotopic (exact) mass is 528 g/mol. The van der Waals surface area contributed by atoms with E-state index in [2.05, 4.69) is 20.1 Å². The number of morpholine rings is 1. The Kier molecular flexibility index (Phi) is 5.95. The molecule has 0 radical (unpaired) electrons. The van der Waals surface area contributed by atoms with Gasteiger partial charge in [0.25, 0.3) is 11.8 Å². The van der Waals surface area contributed by atoms with Crippen LogP contribution in [-0.2, 0) is 14.3 Å². The van der Waals surface area contributed by atoms with Crippen LogP contribution < -0.4 is 10.2 Å². The van der Waals surface area contributed by atoms with Gasteiger partial charge in [-0.1, -0.05) is 18.2 Å². The highest BCUT2D eigenvalue weighted by molar-refractivity contribution is 7.16. The molecule has 7 rings (SSSR count). The number of aromatic nitrogens is 3. The van der Waals surface area contributed by atoms with Gasteiger partial charge in [-0.25, -0.2) is 9.97 Å². The number of amides is 2. The van der Waals surface area contributed by atoms with Crippen LogP contribution in [0, 0.1) is 5.92 Å². The molecule has 2 fully saturated rings. The number of rotatable bonds is 5. The maximum absolute atomic E-state index is 13.2. The quantitative estimate of drug-likeness (QED) is 0.383. The fourth-order valence-corrected chi connectivity index (χ4v) is 6.63. The van der Waals surface area contributed by atoms with E-state index in [9.17, 15) is 9.59 Å². The first-order chi connectivity index (χ1) is 18.7. The summed E-state index contributed by atoms with van der Waals surface area (Å²) in [5, 5.41) is 6.17. The summed E-state index contributed by atoms with van der Waals surface area (Å²) in [7, 11) is 0. The molecule has 0 spiro atoms. The number of anilines is 1. The Labute approximate surface area is 223 Å². The molecule has 9 nitrogen and oxygen atoms in total. The Morgan fingerprint density at radius 2 is 1.74 bits per heavy atom. The van der Waals surface area contributed by atoms with Crippen LogP contribution in [0.25, 0.3) is 32.3 Å². The number of ether oxygens (including phenoxy) is 1. The van der Waals surface area contributed by atoms with Crippen LogP contribution in [0.3, 0.4) is 0 Å². The number of carbonyl (C=O) groups excluding carboxylic acids is 2. The highest BCUT2D eigenvalue weighted by atomic mass is 32.1. The van der Waals surface area contributed by atoms with Gasteiger partial charge >= 0.3 is 0 Å². The fraction of sp³-hybridized carbons (Fsp3) is 0.357. The largest absolute Gasteiger partial charge is 0.379 e. The van der Waals surface area contributed by atoms with Gasteiger partial charge in [0, 0.05) is 55.3 Å². The number of para-hydroxylation sites is 1. The Bertz CT molecular complexity index is 1580. The molecule has 3 aliphatic heterocycles. The molecule has 3 aromatic heterocycles. The molecule has 1 aromatic carbocycles. The smallest absolute Gasteiger partial charge is 0.261 e. The van der Waals surface area contributed by atoms with Crippen molar-refractivity contribution in [3.63, 3.8) is 0 Å². The van der Waals surface area contributed by atoms with Crippen LogP contribution >= 0.6 is 11.3 Å². The molecule has 38 heavy (non-hydrogen) atoms. The predicted octanol–water partition coefficient (Wildman–Crippen LogP) is 3.29. The molecular formula is C28H28N6O3S. The number of H-pyrrole nitrogens is 1. The predicted molar refractivity (Wildman–Crippen MR) is 148 cm³/mol. The molecule has 4 aromatic rings. The average Bonchev–Trinajstić information content (AvgIpc) is 3.64. The number of nitrogens with zero attached hydrogens (tertiary/aromatic N) is 4. The van der Waals surface area contributed by atoms with Crippen molar-refractivity contribution in [2.75, 3.05) is 50.8 Å². The Morgan fingerprint density at radius 1 is 0.947 bits per heavy atom. The lowest BCUT2D eigenvalue weighted by molar-refractivity contribution is -0.122. The molecule has 0 aliphatic carbocycles. The normalized spacial score (nSPS) is 19.7. The first-order valence-electron chi connectivity index (χ1n) is 13.1. The van der Waals surface area contributed by atoms with E-state index in [1.54, 1.807) is 17.5 Å². The number of fused-ring (bicyclic) bond motifs is 2. The molecule has 10 heteroatoms. The Hall–Kier alpha value is -3.60. The summed E-state index contributed by atoms with van der Waals surface area (Å²) < 4.78 is 5.49. The van der Waals surface area contributed by atoms with Crippen molar-refractivity contribution in [2.45, 2.75) is 12.8 Å². The second-order valence-corrected chi connectivity index (χ2v) is 11.0. The van der Waals surface area contributed by atoms with Crippen molar-refractivity contribution in [2.24, 2.45) is 5.92 Å². The first kappa shape index (κ1) is 23.5. The van der Waals surface area contributed by atoms with Crippen molar-refractivity contribution in [1.82, 2.24) is 25.2 Å². The van der Waals surface area contributed by atoms with Gasteiger partial charge in [-0.15, -0.1) is 11.3 Å². The maximum atomic E-state index is 13.2. The third-order valence-corrected chi connectivity index (χ3v) is 8.69. The van der Waals surface area contributed by atoms with Gasteiger partial charge in [0.1, 0.15) is 4.83 Å². The van der Waals surface area contributed by atoms with Gasteiger partial charge in [0.05, 0.1) is 35.6 Å². The summed E-state index contributed by atoms with van der Waals surface area (Å²) in [4.78, 5) is 45.1. The van der Waals surface area contributed by atoms with E-state index in [4.69, 9.17) is 14.7 Å². The third kappa shape index (κ3) is 4.09. The Morgan fingerprint density at radius 3 is 2.58 bits per heavy atom. The highest BCUT2D eigenvalue weighted by Gasteiger charge is 2.36. The number of hydrogen-bond acceptors (Lipinski definition) is 8. The van der Waals surface area contributed by atoms with Gasteiger partial charge in [0.2, 0.25) is 5.95 Å². The molecular weight excluding hydrogens is 500 g/mol. The maximum Gasteiger partial charge on any atom is 0.261 e. The summed E-state index contributed by atoms with van der Waals surface area (Å²) in [5.41, 5.74) is 2.65. The summed E-state index contributed by atoms with van der Waals surface area (Å²) in [6, 6.07) is 9.68. The molecule has 194 valence electrons. The minimum atomic E-state index is -0.423. The zero-order valence-corrected chi connectivity index (χ0v) is 21.7. The number of carbonyl (C=O) groups is 2. The number of nitrogens with one attached hydrogen (secondary N) is 2. The van der Waals surface area contributed by atoms with Crippen molar-refractivity contribution in [3.8, 4) is 0 Å². The topological polar surface area (TPSA) is 103 Å². The lowest BCUT2D eigenvalue weighted by atomic mass is 9.96. The SMILES string of the molecule is O=C1NC(=O)C(c2c[nH]c3sccc23)=C1c1nc(N2CCC(CN3CCOCC3)CC2)nc2ccccc12. The molecule has 2 amide bonds. The number of aromatic amines is 1. The van der Waals surface area contributed by atoms with E-state index in [0.717, 1.165) is 79.9 Å². The molecule has 6 heterocycles. The van der Waals surface area contributed by atoms with Crippen LogP contribution in [0.4, 0.5) is 5.95 Å². The second kappa shape index (κ2) is 9.61. The molecule has 2 saturated heterocycles. The van der Waals surface area contributed by atoms with Crippen LogP contribution in [-0.4, -0.2) is 77.6 Å². The van der Waals surface area contributed by atoms with E-state index in [-0.39, 0.29) is 0 Å². The lowest BCUT2D eigenvalue weighted by Gasteiger charge is -2.36. The number of piperidine rings is 1. The zero-order valence-electron chi connectivity index (χ0n) is 20.9. The zero-order chi connectivity index (χ0) is 25.6. The summed E-state index contributed by atoms with van der Waals surface area (Å²) in [6.07, 6.45) is 3.93. The minimum Gasteiger partial charge on any atom is -0.379 e. The van der Waals surface area contributed by atoms with E-state index >= 15 is 0 Å². The number of imide groups is 1. The van der Waals surface area contributed by atoms with Crippen LogP contribution in [0.2, 0.25) is 0 Å². The van der Waals surface area contributed by atoms with Crippen LogP contribution in [0.1, 0.15) is 24.1 Å². The molecule has 0 saturated carbocycles. The average molecular weight is 529 g/mol. The first-order valence-corrected chi connectivity index (χ1v) is 14.0. The number of thiophene rings is 1. The second-order valence-electron chi connectivity index (χ2n) is 10.1. The van der Waals surface area contributed by atoms with Crippen molar-refractivity contribution in [3.05, 3.63) is 53.2 Å². The van der Waals surface area contributed by atoms with Crippen molar-refractivity contribution >= 4 is 61.4 Å². The van der Waals surface area contributed by atoms with Gasteiger partial charge in [-0.3, -0.25) is 19.8 Å². The van der Waals surface area contributed by atoms with E-state index < -0.39 is 11.8 Å². The number of hydrogen-bond donors (Lipinski definition) is 2.